The molecule has 0 radical (unpaired) electrons. The highest BCUT2D eigenvalue weighted by atomic mass is 28.3. The van der Waals surface area contributed by atoms with Crippen LogP contribution >= 0.6 is 0 Å². The number of nitrogens with zero attached hydrogens (tertiary/aromatic N) is 1. The van der Waals surface area contributed by atoms with E-state index in [1.807, 2.05) is 0 Å². The van der Waals surface area contributed by atoms with Gasteiger partial charge in [-0.1, -0.05) is 53.2 Å². The van der Waals surface area contributed by atoms with Gasteiger partial charge in [0.05, 0.1) is 0 Å². The molecule has 1 unspecified atom stereocenters. The predicted molar refractivity (Wildman–Crippen MR) is 112 cm³/mol. The molecule has 0 bridgehead atoms. The van der Waals surface area contributed by atoms with E-state index in [1.165, 1.54) is 37.7 Å². The Bertz CT molecular complexity index is 352. The van der Waals surface area contributed by atoms with Gasteiger partial charge in [0.15, 0.2) is 0 Å². The molecule has 2 nitrogen and oxygen atoms in total. The number of allylic oxidation sites excluding steroid dienone is 1. The van der Waals surface area contributed by atoms with Crippen molar-refractivity contribution in [3.8, 4) is 0 Å². The highest BCUT2D eigenvalue weighted by molar-refractivity contribution is 6.81. The summed E-state index contributed by atoms with van der Waals surface area (Å²) in [4.78, 5) is 0. The second-order valence-electron chi connectivity index (χ2n) is 8.62. The maximum absolute atomic E-state index is 3.68. The first-order valence-electron chi connectivity index (χ1n) is 9.85. The van der Waals surface area contributed by atoms with Gasteiger partial charge in [0, 0.05) is 35.2 Å². The fraction of sp³-hybridized carbons (Fsp3) is 0.895. The Labute approximate surface area is 149 Å². The Morgan fingerprint density at radius 2 is 1.70 bits per heavy atom. The van der Waals surface area contributed by atoms with Gasteiger partial charge in [-0.2, -0.15) is 0 Å². The predicted octanol–water partition coefficient (Wildman–Crippen LogP) is 4.34. The van der Waals surface area contributed by atoms with E-state index in [2.05, 4.69) is 71.0 Å². The molecular formula is C19H42N2Si2. The van der Waals surface area contributed by atoms with Crippen molar-refractivity contribution in [2.45, 2.75) is 90.5 Å². The molecule has 0 aromatic rings. The number of hydrogen-bond acceptors (Lipinski definition) is 2. The summed E-state index contributed by atoms with van der Waals surface area (Å²) in [6.07, 6.45) is 1.41. The smallest absolute Gasteiger partial charge is 0.136 e. The third-order valence-electron chi connectivity index (χ3n) is 5.92. The van der Waals surface area contributed by atoms with Crippen LogP contribution in [0.15, 0.2) is 11.3 Å². The summed E-state index contributed by atoms with van der Waals surface area (Å²) >= 11 is 0. The molecule has 0 aliphatic carbocycles. The topological polar surface area (TPSA) is 15.3 Å². The summed E-state index contributed by atoms with van der Waals surface area (Å²) in [6, 6.07) is 2.24. The van der Waals surface area contributed by atoms with E-state index in [4.69, 9.17) is 0 Å². The number of piperazine rings is 1. The zero-order valence-corrected chi connectivity index (χ0v) is 19.5. The van der Waals surface area contributed by atoms with Gasteiger partial charge in [-0.25, -0.2) is 0 Å². The number of hydrogen-bond donors (Lipinski definition) is 1. The van der Waals surface area contributed by atoms with E-state index in [0.29, 0.717) is 0 Å². The highest BCUT2D eigenvalue weighted by Gasteiger charge is 2.50. The molecule has 1 aliphatic heterocycles. The van der Waals surface area contributed by atoms with Gasteiger partial charge in [-0.3, -0.25) is 0 Å². The lowest BCUT2D eigenvalue weighted by atomic mass is 10.2. The fourth-order valence-electron chi connectivity index (χ4n) is 5.27. The fourth-order valence-corrected chi connectivity index (χ4v) is 14.1. The van der Waals surface area contributed by atoms with Crippen molar-refractivity contribution >= 4 is 17.8 Å². The summed E-state index contributed by atoms with van der Waals surface area (Å²) < 4.78 is 3.06. The molecule has 1 saturated heterocycles. The molecule has 1 fully saturated rings. The van der Waals surface area contributed by atoms with Gasteiger partial charge < -0.3 is 9.88 Å². The van der Waals surface area contributed by atoms with Crippen LogP contribution in [0.5, 0.6) is 0 Å². The maximum atomic E-state index is 3.68. The van der Waals surface area contributed by atoms with E-state index in [0.717, 1.165) is 22.7 Å². The monoisotopic (exact) mass is 354 g/mol. The van der Waals surface area contributed by atoms with Crippen molar-refractivity contribution in [2.24, 2.45) is 0 Å². The van der Waals surface area contributed by atoms with E-state index >= 15 is 0 Å². The molecule has 4 heteroatoms. The normalized spacial score (nSPS) is 21.1. The van der Waals surface area contributed by atoms with Crippen molar-refractivity contribution in [1.82, 2.24) is 9.88 Å². The summed E-state index contributed by atoms with van der Waals surface area (Å²) in [7, 11) is -1.49. The highest BCUT2D eigenvalue weighted by Crippen LogP contribution is 2.45. The van der Waals surface area contributed by atoms with E-state index < -0.39 is 8.24 Å². The standard InChI is InChI=1S/C19H42N2Si2/c1-15(2)14-22-12-9-19-13-20-10-11-21(19)23(16(3)4,17(5)6)18(7)8/h14,16-20H,9-13,22H2,1-8H3. The van der Waals surface area contributed by atoms with Crippen LogP contribution in [0.3, 0.4) is 0 Å². The third-order valence-corrected chi connectivity index (χ3v) is 15.0. The van der Waals surface area contributed by atoms with Crippen molar-refractivity contribution in [3.63, 3.8) is 0 Å². The lowest BCUT2D eigenvalue weighted by Crippen LogP contribution is -2.68. The van der Waals surface area contributed by atoms with Crippen LogP contribution in [0, 0.1) is 0 Å². The van der Waals surface area contributed by atoms with Gasteiger partial charge in [0.25, 0.3) is 0 Å². The van der Waals surface area contributed by atoms with Crippen molar-refractivity contribution in [3.05, 3.63) is 11.3 Å². The molecule has 1 rings (SSSR count). The zero-order chi connectivity index (χ0) is 17.6. The quantitative estimate of drug-likeness (QED) is 0.515. The number of rotatable bonds is 8. The summed E-state index contributed by atoms with van der Waals surface area (Å²) in [5.74, 6) is 0. The van der Waals surface area contributed by atoms with Gasteiger partial charge in [-0.15, -0.1) is 5.70 Å². The molecule has 1 N–H and O–H groups in total. The molecule has 136 valence electrons. The van der Waals surface area contributed by atoms with Gasteiger partial charge in [-0.05, 0) is 36.9 Å². The van der Waals surface area contributed by atoms with Gasteiger partial charge in [0.2, 0.25) is 0 Å². The molecule has 1 heterocycles. The maximum Gasteiger partial charge on any atom is 0.136 e. The van der Waals surface area contributed by atoms with Crippen LogP contribution in [0.2, 0.25) is 22.7 Å². The van der Waals surface area contributed by atoms with Gasteiger partial charge >= 0.3 is 0 Å². The van der Waals surface area contributed by atoms with Crippen LogP contribution in [-0.2, 0) is 0 Å². The minimum absolute atomic E-state index is 0.00681. The lowest BCUT2D eigenvalue weighted by molar-refractivity contribution is 0.239. The molecule has 0 aromatic heterocycles. The average molecular weight is 355 g/mol. The molecule has 0 spiro atoms. The van der Waals surface area contributed by atoms with Gasteiger partial charge in [0.1, 0.15) is 8.24 Å². The zero-order valence-electron chi connectivity index (χ0n) is 17.1. The summed E-state index contributed by atoms with van der Waals surface area (Å²) in [5.41, 5.74) is 6.55. The van der Waals surface area contributed by atoms with E-state index in [9.17, 15) is 0 Å². The molecule has 1 aliphatic rings. The molecule has 23 heavy (non-hydrogen) atoms. The van der Waals surface area contributed by atoms with Crippen LogP contribution in [-0.4, -0.2) is 48.0 Å². The minimum Gasteiger partial charge on any atom is -0.317 e. The summed E-state index contributed by atoms with van der Waals surface area (Å²) in [6.45, 7) is 23.2. The molecular weight excluding hydrogens is 312 g/mol. The Hall–Kier alpha value is 0.0938. The van der Waals surface area contributed by atoms with Crippen molar-refractivity contribution in [1.29, 1.82) is 0 Å². The lowest BCUT2D eigenvalue weighted by Gasteiger charge is -2.56. The average Bonchev–Trinajstić information content (AvgIpc) is 2.44. The third kappa shape index (κ3) is 5.03. The first-order chi connectivity index (χ1) is 10.7. The first kappa shape index (κ1) is 21.1. The first-order valence-corrected chi connectivity index (χ1v) is 13.8. The SMILES string of the molecule is CC(C)=C[SiH2]CCC1CNCCN1[Si](C(C)C)(C(C)C)C(C)C. The second-order valence-corrected chi connectivity index (χ2v) is 16.1. The van der Waals surface area contributed by atoms with Crippen LogP contribution < -0.4 is 5.32 Å². The molecule has 0 aromatic carbocycles. The number of nitrogens with one attached hydrogen (secondary N) is 1. The van der Waals surface area contributed by atoms with Crippen LogP contribution in [0.1, 0.15) is 61.8 Å². The van der Waals surface area contributed by atoms with Crippen LogP contribution in [0.4, 0.5) is 0 Å². The largest absolute Gasteiger partial charge is 0.317 e. The Kier molecular flexibility index (Phi) is 8.77. The second kappa shape index (κ2) is 9.54. The Morgan fingerprint density at radius 3 is 2.17 bits per heavy atom. The Morgan fingerprint density at radius 1 is 1.13 bits per heavy atom. The summed E-state index contributed by atoms with van der Waals surface area (Å²) in [5, 5.41) is 3.68. The minimum atomic E-state index is -1.48. The molecule has 0 saturated carbocycles. The van der Waals surface area contributed by atoms with Crippen molar-refractivity contribution in [2.75, 3.05) is 19.6 Å². The van der Waals surface area contributed by atoms with E-state index in [-0.39, 0.29) is 9.52 Å². The molecule has 1 atom stereocenters. The van der Waals surface area contributed by atoms with Crippen LogP contribution in [0.25, 0.3) is 0 Å². The van der Waals surface area contributed by atoms with E-state index in [1.54, 1.807) is 0 Å². The Balaban J connectivity index is 2.94. The van der Waals surface area contributed by atoms with Crippen molar-refractivity contribution < 1.29 is 0 Å². The molecule has 0 amide bonds.